The Morgan fingerprint density at radius 1 is 1.50 bits per heavy atom. The Morgan fingerprint density at radius 3 is 3.20 bits per heavy atom. The molecule has 1 aromatic rings. The van der Waals surface area contributed by atoms with Crippen LogP contribution in [-0.4, -0.2) is 6.61 Å². The quantitative estimate of drug-likeness (QED) is 0.610. The fraction of sp³-hybridized carbons (Fsp3) is 0.333. The minimum atomic E-state index is 0.774. The molecule has 0 radical (unpaired) electrons. The SMILES string of the molecule is CCOc1cccc2c1C2. The van der Waals surface area contributed by atoms with Crippen molar-refractivity contribution >= 4 is 0 Å². The lowest BCUT2D eigenvalue weighted by molar-refractivity contribution is 0.339. The Kier molecular flexibility index (Phi) is 1.16. The first-order valence-electron chi connectivity index (χ1n) is 3.65. The molecule has 0 saturated carbocycles. The van der Waals surface area contributed by atoms with E-state index in [2.05, 4.69) is 12.1 Å². The summed E-state index contributed by atoms with van der Waals surface area (Å²) < 4.78 is 5.39. The number of benzene rings is 1. The molecular formula is C9H10O. The molecular weight excluding hydrogens is 124 g/mol. The van der Waals surface area contributed by atoms with E-state index in [1.165, 1.54) is 11.1 Å². The maximum absolute atomic E-state index is 5.39. The van der Waals surface area contributed by atoms with Crippen LogP contribution in [0.4, 0.5) is 0 Å². The van der Waals surface area contributed by atoms with E-state index in [1.54, 1.807) is 0 Å². The standard InChI is InChI=1S/C9H10O/c1-2-10-9-5-3-4-7-6-8(7)9/h3-5H,2,6H2,1H3. The predicted molar refractivity (Wildman–Crippen MR) is 40.4 cm³/mol. The van der Waals surface area contributed by atoms with Crippen molar-refractivity contribution in [3.05, 3.63) is 29.3 Å². The van der Waals surface area contributed by atoms with E-state index in [-0.39, 0.29) is 0 Å². The molecule has 0 aromatic heterocycles. The zero-order valence-electron chi connectivity index (χ0n) is 6.05. The summed E-state index contributed by atoms with van der Waals surface area (Å²) in [5.74, 6) is 1.08. The van der Waals surface area contributed by atoms with Crippen molar-refractivity contribution in [3.63, 3.8) is 0 Å². The second-order valence-corrected chi connectivity index (χ2v) is 2.50. The van der Waals surface area contributed by atoms with Crippen molar-refractivity contribution in [2.75, 3.05) is 6.61 Å². The van der Waals surface area contributed by atoms with Gasteiger partial charge in [0.1, 0.15) is 5.75 Å². The van der Waals surface area contributed by atoms with Gasteiger partial charge in [0.25, 0.3) is 0 Å². The van der Waals surface area contributed by atoms with Gasteiger partial charge in [-0.15, -0.1) is 0 Å². The Morgan fingerprint density at radius 2 is 2.40 bits per heavy atom. The highest BCUT2D eigenvalue weighted by Crippen LogP contribution is 2.36. The molecule has 1 heteroatoms. The van der Waals surface area contributed by atoms with Gasteiger partial charge in [-0.05, 0) is 18.6 Å². The van der Waals surface area contributed by atoms with Gasteiger partial charge in [0.05, 0.1) is 6.61 Å². The van der Waals surface area contributed by atoms with Crippen LogP contribution in [0.2, 0.25) is 0 Å². The number of fused-ring (bicyclic) bond motifs is 1. The monoisotopic (exact) mass is 134 g/mol. The molecule has 0 bridgehead atoms. The zero-order valence-corrected chi connectivity index (χ0v) is 6.05. The molecule has 1 nitrogen and oxygen atoms in total. The maximum atomic E-state index is 5.39. The van der Waals surface area contributed by atoms with Gasteiger partial charge in [0.15, 0.2) is 0 Å². The van der Waals surface area contributed by atoms with Crippen LogP contribution in [0.1, 0.15) is 18.1 Å². The molecule has 1 aromatic carbocycles. The Labute approximate surface area is 60.6 Å². The minimum absolute atomic E-state index is 0.774. The summed E-state index contributed by atoms with van der Waals surface area (Å²) in [6, 6.07) is 6.24. The first-order chi connectivity index (χ1) is 4.92. The maximum Gasteiger partial charge on any atom is 0.123 e. The van der Waals surface area contributed by atoms with Gasteiger partial charge in [0, 0.05) is 12.0 Å². The summed E-state index contributed by atoms with van der Waals surface area (Å²) in [4.78, 5) is 0. The molecule has 0 atom stereocenters. The van der Waals surface area contributed by atoms with E-state index in [0.717, 1.165) is 18.8 Å². The van der Waals surface area contributed by atoms with E-state index < -0.39 is 0 Å². The molecule has 0 fully saturated rings. The van der Waals surface area contributed by atoms with Crippen LogP contribution in [0, 0.1) is 0 Å². The topological polar surface area (TPSA) is 9.23 Å². The Bertz CT molecular complexity index is 253. The first kappa shape index (κ1) is 5.78. The second-order valence-electron chi connectivity index (χ2n) is 2.50. The molecule has 0 heterocycles. The average Bonchev–Trinajstić information content (AvgIpc) is 2.67. The van der Waals surface area contributed by atoms with Gasteiger partial charge in [-0.2, -0.15) is 0 Å². The van der Waals surface area contributed by atoms with Crippen LogP contribution in [0.15, 0.2) is 18.2 Å². The summed E-state index contributed by atoms with van der Waals surface area (Å²) in [7, 11) is 0. The largest absolute Gasteiger partial charge is 0.494 e. The van der Waals surface area contributed by atoms with Gasteiger partial charge in [-0.3, -0.25) is 0 Å². The fourth-order valence-electron chi connectivity index (χ4n) is 1.19. The lowest BCUT2D eigenvalue weighted by Crippen LogP contribution is -1.90. The number of rotatable bonds is 2. The molecule has 0 aliphatic heterocycles. The normalized spacial score (nSPS) is 12.5. The van der Waals surface area contributed by atoms with Gasteiger partial charge in [0.2, 0.25) is 0 Å². The predicted octanol–water partition coefficient (Wildman–Crippen LogP) is 1.99. The molecule has 2 rings (SSSR count). The van der Waals surface area contributed by atoms with Crippen molar-refractivity contribution in [1.82, 2.24) is 0 Å². The van der Waals surface area contributed by atoms with E-state index in [9.17, 15) is 0 Å². The summed E-state index contributed by atoms with van der Waals surface area (Å²) in [6.45, 7) is 2.79. The molecule has 10 heavy (non-hydrogen) atoms. The fourth-order valence-corrected chi connectivity index (χ4v) is 1.19. The van der Waals surface area contributed by atoms with Crippen LogP contribution in [0.5, 0.6) is 5.75 Å². The third kappa shape index (κ3) is 0.783. The summed E-state index contributed by atoms with van der Waals surface area (Å²) in [5.41, 5.74) is 2.86. The van der Waals surface area contributed by atoms with E-state index in [4.69, 9.17) is 4.74 Å². The second kappa shape index (κ2) is 2.01. The summed E-state index contributed by atoms with van der Waals surface area (Å²) in [5, 5.41) is 0. The van der Waals surface area contributed by atoms with Crippen LogP contribution >= 0.6 is 0 Å². The van der Waals surface area contributed by atoms with Gasteiger partial charge < -0.3 is 4.74 Å². The highest BCUT2D eigenvalue weighted by atomic mass is 16.5. The molecule has 1 aliphatic rings. The lowest BCUT2D eigenvalue weighted by atomic mass is 10.3. The highest BCUT2D eigenvalue weighted by molar-refractivity contribution is 5.54. The number of hydrogen-bond acceptors (Lipinski definition) is 1. The molecule has 0 saturated heterocycles. The van der Waals surface area contributed by atoms with Gasteiger partial charge >= 0.3 is 0 Å². The smallest absolute Gasteiger partial charge is 0.123 e. The van der Waals surface area contributed by atoms with Crippen LogP contribution in [0.25, 0.3) is 0 Å². The Balaban J connectivity index is 2.29. The van der Waals surface area contributed by atoms with Crippen molar-refractivity contribution in [3.8, 4) is 5.75 Å². The van der Waals surface area contributed by atoms with Gasteiger partial charge in [-0.1, -0.05) is 12.1 Å². The number of hydrogen-bond donors (Lipinski definition) is 0. The Hall–Kier alpha value is -0.980. The summed E-state index contributed by atoms with van der Waals surface area (Å²) >= 11 is 0. The highest BCUT2D eigenvalue weighted by Gasteiger charge is 2.20. The van der Waals surface area contributed by atoms with Gasteiger partial charge in [-0.25, -0.2) is 0 Å². The lowest BCUT2D eigenvalue weighted by Gasteiger charge is -1.99. The van der Waals surface area contributed by atoms with Crippen LogP contribution in [-0.2, 0) is 6.42 Å². The molecule has 52 valence electrons. The van der Waals surface area contributed by atoms with Crippen molar-refractivity contribution < 1.29 is 4.74 Å². The molecule has 1 aliphatic carbocycles. The van der Waals surface area contributed by atoms with Crippen LogP contribution < -0.4 is 4.74 Å². The van der Waals surface area contributed by atoms with E-state index in [0.29, 0.717) is 0 Å². The van der Waals surface area contributed by atoms with Crippen molar-refractivity contribution in [2.45, 2.75) is 13.3 Å². The van der Waals surface area contributed by atoms with Crippen molar-refractivity contribution in [1.29, 1.82) is 0 Å². The zero-order chi connectivity index (χ0) is 6.97. The molecule has 0 spiro atoms. The third-order valence-corrected chi connectivity index (χ3v) is 1.77. The third-order valence-electron chi connectivity index (χ3n) is 1.77. The first-order valence-corrected chi connectivity index (χ1v) is 3.65. The van der Waals surface area contributed by atoms with E-state index in [1.807, 2.05) is 13.0 Å². The van der Waals surface area contributed by atoms with Crippen molar-refractivity contribution in [2.24, 2.45) is 0 Å². The van der Waals surface area contributed by atoms with E-state index >= 15 is 0 Å². The average molecular weight is 134 g/mol. The molecule has 0 unspecified atom stereocenters. The van der Waals surface area contributed by atoms with Crippen LogP contribution in [0.3, 0.4) is 0 Å². The molecule has 0 N–H and O–H groups in total. The molecule has 0 amide bonds. The number of ether oxygens (including phenoxy) is 1. The summed E-state index contributed by atoms with van der Waals surface area (Å²) in [6.07, 6.45) is 1.14. The minimum Gasteiger partial charge on any atom is -0.494 e.